The smallest absolute Gasteiger partial charge is 0.430 e. The van der Waals surface area contributed by atoms with E-state index in [2.05, 4.69) is 76.6 Å². The van der Waals surface area contributed by atoms with E-state index in [9.17, 15) is 63.1 Å². The number of carbonyl (C=O) groups excluding carboxylic acids is 6. The van der Waals surface area contributed by atoms with E-state index in [1.165, 1.54) is 64.0 Å². The van der Waals surface area contributed by atoms with Crippen LogP contribution in [-0.2, 0) is 32.0 Å². The number of ether oxygens (including phenoxy) is 2. The molecule has 26 nitrogen and oxygen atoms in total. The van der Waals surface area contributed by atoms with Gasteiger partial charge >= 0.3 is 12.4 Å². The summed E-state index contributed by atoms with van der Waals surface area (Å²) in [5, 5.41) is 42.8. The fourth-order valence-electron chi connectivity index (χ4n) is 14.2. The first-order chi connectivity index (χ1) is 53.2. The molecule has 4 amide bonds. The third-order valence-electron chi connectivity index (χ3n) is 19.9. The van der Waals surface area contributed by atoms with Gasteiger partial charge in [-0.15, -0.1) is 0 Å². The lowest BCUT2D eigenvalue weighted by atomic mass is 10.0. The number of fused-ring (bicyclic) bond motifs is 2. The number of carboxylic acids is 2. The lowest BCUT2D eigenvalue weighted by Crippen LogP contribution is -2.54. The number of imidazole rings is 2. The second kappa shape index (κ2) is 38.0. The van der Waals surface area contributed by atoms with Crippen molar-refractivity contribution < 1.29 is 101 Å². The van der Waals surface area contributed by atoms with Crippen LogP contribution < -0.4 is 62.2 Å². The number of methoxy groups -OCH3 is 2. The molecule has 0 radical (unpaired) electrons. The van der Waals surface area contributed by atoms with Crippen LogP contribution in [0.25, 0.3) is 33.8 Å². The Morgan fingerprint density at radius 2 is 0.893 bits per heavy atom. The molecular weight excluding hydrogens is 1490 g/mol. The predicted molar refractivity (Wildman–Crippen MR) is 390 cm³/mol. The number of nitrogens with zero attached hydrogens (tertiary/aromatic N) is 8. The molecule has 8 heterocycles. The Labute approximate surface area is 638 Å². The van der Waals surface area contributed by atoms with Gasteiger partial charge in [0, 0.05) is 160 Å². The Balaban J connectivity index is 0.000000219. The summed E-state index contributed by atoms with van der Waals surface area (Å²) in [5.74, 6) is -7.53. The van der Waals surface area contributed by atoms with E-state index in [1.54, 1.807) is 57.9 Å². The van der Waals surface area contributed by atoms with Crippen molar-refractivity contribution in [1.29, 1.82) is 0 Å². The topological polar surface area (TPSA) is 324 Å². The highest BCUT2D eigenvalue weighted by molar-refractivity contribution is 5.97. The normalized spacial score (nSPS) is 18.1. The van der Waals surface area contributed by atoms with Gasteiger partial charge in [0.1, 0.15) is 11.9 Å². The zero-order chi connectivity index (χ0) is 81.2. The number of carbonyl (C=O) groups is 6. The molecule has 0 bridgehead atoms. The highest BCUT2D eigenvalue weighted by Gasteiger charge is 2.40. The van der Waals surface area contributed by atoms with Gasteiger partial charge in [-0.05, 0) is 97.5 Å². The van der Waals surface area contributed by atoms with Crippen LogP contribution in [0.3, 0.4) is 0 Å². The van der Waals surface area contributed by atoms with Gasteiger partial charge in [-0.1, -0.05) is 13.8 Å². The van der Waals surface area contributed by atoms with Crippen molar-refractivity contribution in [1.82, 2.24) is 60.6 Å². The molecule has 12 rings (SSSR count). The summed E-state index contributed by atoms with van der Waals surface area (Å²) in [6.45, 7) is 17.2. The van der Waals surface area contributed by atoms with Crippen LogP contribution >= 0.6 is 0 Å². The van der Waals surface area contributed by atoms with Crippen LogP contribution in [-0.4, -0.2) is 206 Å². The largest absolute Gasteiger partial charge is 0.542 e. The van der Waals surface area contributed by atoms with Crippen LogP contribution in [0.15, 0.2) is 97.8 Å². The summed E-state index contributed by atoms with van der Waals surface area (Å²) >= 11 is 0. The molecule has 4 aromatic heterocycles. The Morgan fingerprint density at radius 1 is 0.527 bits per heavy atom. The average Bonchev–Trinajstić information content (AvgIpc) is 1.61. The molecule has 36 heteroatoms. The zero-order valence-electron chi connectivity index (χ0n) is 62.5. The number of aryl methyl sites for hydroxylation is 2. The van der Waals surface area contributed by atoms with Gasteiger partial charge in [-0.25, -0.2) is 28.7 Å². The molecular formula is C76H90F10N16O10. The van der Waals surface area contributed by atoms with Crippen molar-refractivity contribution in [3.63, 3.8) is 0 Å². The number of carboxylic acid groups (broad SMARTS) is 2. The molecule has 4 fully saturated rings. The maximum Gasteiger partial charge on any atom is 0.430 e. The maximum absolute atomic E-state index is 14.9. The number of hydrogen-bond donors (Lipinski definition) is 8. The lowest BCUT2D eigenvalue weighted by Gasteiger charge is -2.37. The number of quaternary nitrogens is 2. The van der Waals surface area contributed by atoms with E-state index in [1.807, 2.05) is 26.0 Å². The van der Waals surface area contributed by atoms with E-state index < -0.39 is 47.6 Å². The van der Waals surface area contributed by atoms with Crippen molar-refractivity contribution >= 4 is 69.9 Å². The minimum absolute atomic E-state index is 0.0394. The number of aromatic nitrogens is 6. The van der Waals surface area contributed by atoms with Gasteiger partial charge in [-0.3, -0.25) is 28.0 Å². The van der Waals surface area contributed by atoms with Crippen LogP contribution in [0, 0.1) is 46.9 Å². The van der Waals surface area contributed by atoms with Crippen molar-refractivity contribution in [3.05, 3.63) is 143 Å². The molecule has 4 saturated heterocycles. The molecule has 4 atom stereocenters. The fourth-order valence-corrected chi connectivity index (χ4v) is 14.2. The number of benzene rings is 4. The summed E-state index contributed by atoms with van der Waals surface area (Å²) in [6, 6.07) is 16.5. The number of nitrogens with one attached hydrogen (secondary N) is 8. The van der Waals surface area contributed by atoms with Crippen LogP contribution in [0.2, 0.25) is 0 Å². The number of rotatable bonds is 28. The number of anilines is 4. The number of amides is 4. The molecule has 0 saturated carbocycles. The minimum atomic E-state index is -5.19. The van der Waals surface area contributed by atoms with E-state index in [0.717, 1.165) is 97.1 Å². The average molecular weight is 1580 g/mol. The van der Waals surface area contributed by atoms with Gasteiger partial charge < -0.3 is 80.8 Å². The first-order valence-corrected chi connectivity index (χ1v) is 36.5. The molecule has 112 heavy (non-hydrogen) atoms. The standard InChI is InChI=1S/2C36H44F2N8O3.2C2HF3O2/c2*1-4-25-17-26(44-34-35-43-20-29(45(35)14-13-41-34)28-8-9-30(49-3)33(38)32(28)37)6-7-27(25)36(48)42-12-5-11-40-31(47)16-23-10-15-46(2,21-23)22-24-18-39-19-24;2*3-2(4,5)1(6)7/h2*6-9,13-14,17,20,23-24,39H,4-5,10-12,15-16,18-19,21-22H2,1-3H3,(H2-,40,41,42,44,47,48);2*(H,6,7)/t2*23-,46?;;/m00../s1. The van der Waals surface area contributed by atoms with Crippen molar-refractivity contribution in [2.24, 2.45) is 23.7 Å². The molecule has 2 unspecified atom stereocenters. The quantitative estimate of drug-likeness (QED) is 0.0136. The van der Waals surface area contributed by atoms with Gasteiger partial charge in [0.05, 0.1) is 91.4 Å². The van der Waals surface area contributed by atoms with E-state index in [4.69, 9.17) is 29.3 Å². The highest BCUT2D eigenvalue weighted by Crippen LogP contribution is 2.36. The molecule has 4 aromatic carbocycles. The van der Waals surface area contributed by atoms with E-state index in [0.29, 0.717) is 133 Å². The summed E-state index contributed by atoms with van der Waals surface area (Å²) in [7, 11) is 7.20. The van der Waals surface area contributed by atoms with Gasteiger partial charge in [0.15, 0.2) is 46.1 Å². The third kappa shape index (κ3) is 22.3. The third-order valence-corrected chi connectivity index (χ3v) is 19.9. The highest BCUT2D eigenvalue weighted by atomic mass is 19.4. The number of alkyl halides is 6. The minimum Gasteiger partial charge on any atom is -0.542 e. The first kappa shape index (κ1) is 85.3. The summed E-state index contributed by atoms with van der Waals surface area (Å²) in [4.78, 5) is 86.6. The van der Waals surface area contributed by atoms with Crippen LogP contribution in [0.5, 0.6) is 11.5 Å². The second-order valence-electron chi connectivity index (χ2n) is 28.5. The number of hydrogen-bond acceptors (Lipinski definition) is 18. The van der Waals surface area contributed by atoms with Crippen molar-refractivity contribution in [2.75, 3.05) is 131 Å². The van der Waals surface area contributed by atoms with Gasteiger partial charge in [-0.2, -0.15) is 35.1 Å². The summed E-state index contributed by atoms with van der Waals surface area (Å²) in [5.41, 5.74) is 5.86. The molecule has 0 spiro atoms. The molecule has 8 N–H and O–H groups in total. The molecule has 4 aliphatic heterocycles. The fraction of sp³-hybridized carbons (Fsp3) is 0.447. The lowest BCUT2D eigenvalue weighted by molar-refractivity contribution is -0.902. The maximum atomic E-state index is 14.9. The molecule has 4 aliphatic rings. The molecule has 0 aliphatic carbocycles. The zero-order valence-corrected chi connectivity index (χ0v) is 62.5. The monoisotopic (exact) mass is 1580 g/mol. The van der Waals surface area contributed by atoms with Gasteiger partial charge in [0.2, 0.25) is 23.4 Å². The number of aliphatic carboxylic acids is 2. The Morgan fingerprint density at radius 3 is 1.22 bits per heavy atom. The summed E-state index contributed by atoms with van der Waals surface area (Å²) < 4.78 is 137. The molecule has 8 aromatic rings. The molecule has 604 valence electrons. The Kier molecular flexibility index (Phi) is 28.9. The Hall–Kier alpha value is -10.7. The first-order valence-electron chi connectivity index (χ1n) is 36.5. The SMILES string of the molecule is CCc1cc(Nc2nccn3c(-c4ccc(OC)c(F)c4F)cnc23)ccc1C(=O)NCCCNC(=O)C[C@@H]1CC[N+](C)(CC2CNC2)C1.CCc1cc(Nc2nccn3c(-c4ccc(OC)c(F)c4F)cnc23)ccc1C(=O)NCCCNC(=O)C[C@@H]1CC[N+](C)(CC2CNC2)C1.O=C([O-])C(F)(F)F.O=C([O-])C(F)(F)F. The van der Waals surface area contributed by atoms with Gasteiger partial charge in [0.25, 0.3) is 11.8 Å². The second-order valence-corrected chi connectivity index (χ2v) is 28.5. The van der Waals surface area contributed by atoms with E-state index >= 15 is 0 Å². The van der Waals surface area contributed by atoms with Crippen LogP contribution in [0.4, 0.5) is 66.9 Å². The predicted octanol–water partition coefficient (Wildman–Crippen LogP) is 7.20. The Bertz CT molecular complexity index is 4370. The number of halogens is 10. The van der Waals surface area contributed by atoms with Crippen LogP contribution in [0.1, 0.15) is 84.2 Å². The van der Waals surface area contributed by atoms with Crippen molar-refractivity contribution in [3.8, 4) is 34.0 Å². The summed E-state index contributed by atoms with van der Waals surface area (Å²) in [6.07, 6.45) is 4.72. The number of likely N-dealkylation sites (tertiary alicyclic amines) is 2. The van der Waals surface area contributed by atoms with E-state index in [-0.39, 0.29) is 46.3 Å². The van der Waals surface area contributed by atoms with Crippen molar-refractivity contribution in [2.45, 2.75) is 77.6 Å².